The summed E-state index contributed by atoms with van der Waals surface area (Å²) in [6, 6.07) is 18.5. The minimum absolute atomic E-state index is 0.0567. The number of aliphatic hydroxyl groups is 1. The van der Waals surface area contributed by atoms with Gasteiger partial charge < -0.3 is 20.9 Å². The second kappa shape index (κ2) is 11.7. The van der Waals surface area contributed by atoms with Crippen LogP contribution in [0.3, 0.4) is 0 Å². The summed E-state index contributed by atoms with van der Waals surface area (Å²) in [5, 5.41) is 31.6. The average Bonchev–Trinajstić information content (AvgIpc) is 2.87. The Bertz CT molecular complexity index is 1260. The molecule has 0 atom stereocenters. The van der Waals surface area contributed by atoms with Crippen molar-refractivity contribution in [2.75, 3.05) is 31.7 Å². The number of nitrogens with one attached hydrogen (secondary N) is 1. The number of aryl methyl sites for hydroxylation is 1. The minimum atomic E-state index is -0.153. The molecule has 3 aromatic rings. The van der Waals surface area contributed by atoms with Crippen LogP contribution in [0, 0.1) is 22.7 Å². The Morgan fingerprint density at radius 3 is 2.56 bits per heavy atom. The number of nitrogens with two attached hydrogens (primary N) is 1. The SMILES string of the molecule is CNC(=O)c1cccc(CCSc2nc(N)c(C#N)c(-c3ccc(OCCO)cc3)c2C#N)c1. The van der Waals surface area contributed by atoms with Crippen LogP contribution in [0.25, 0.3) is 11.1 Å². The number of benzene rings is 2. The van der Waals surface area contributed by atoms with Gasteiger partial charge in [0.05, 0.1) is 12.2 Å². The van der Waals surface area contributed by atoms with Gasteiger partial charge in [-0.2, -0.15) is 10.5 Å². The van der Waals surface area contributed by atoms with Crippen molar-refractivity contribution in [1.29, 1.82) is 10.5 Å². The summed E-state index contributed by atoms with van der Waals surface area (Å²) in [6.07, 6.45) is 0.647. The lowest BCUT2D eigenvalue weighted by atomic mass is 9.97. The lowest BCUT2D eigenvalue weighted by Crippen LogP contribution is -2.17. The number of thioether (sulfide) groups is 1. The second-order valence-corrected chi connectivity index (χ2v) is 8.21. The molecule has 0 spiro atoms. The zero-order chi connectivity index (χ0) is 24.5. The highest BCUT2D eigenvalue weighted by Gasteiger charge is 2.20. The Morgan fingerprint density at radius 1 is 1.18 bits per heavy atom. The first-order valence-corrected chi connectivity index (χ1v) is 11.4. The van der Waals surface area contributed by atoms with Crippen molar-refractivity contribution in [3.05, 3.63) is 70.8 Å². The van der Waals surface area contributed by atoms with Crippen LogP contribution in [0.15, 0.2) is 53.6 Å². The van der Waals surface area contributed by atoms with Gasteiger partial charge in [-0.25, -0.2) is 4.98 Å². The fraction of sp³-hybridized carbons (Fsp3) is 0.200. The molecule has 2 aromatic carbocycles. The lowest BCUT2D eigenvalue weighted by molar-refractivity contribution is 0.0963. The number of hydrogen-bond acceptors (Lipinski definition) is 8. The van der Waals surface area contributed by atoms with E-state index in [0.29, 0.717) is 39.6 Å². The molecule has 0 bridgehead atoms. The van der Waals surface area contributed by atoms with Crippen molar-refractivity contribution in [2.24, 2.45) is 0 Å². The van der Waals surface area contributed by atoms with Gasteiger partial charge in [0.1, 0.15) is 40.9 Å². The number of nitrogens with zero attached hydrogens (tertiary/aromatic N) is 3. The van der Waals surface area contributed by atoms with E-state index >= 15 is 0 Å². The maximum absolute atomic E-state index is 11.9. The molecule has 1 amide bonds. The van der Waals surface area contributed by atoms with Gasteiger partial charge in [0.25, 0.3) is 5.91 Å². The number of hydrogen-bond donors (Lipinski definition) is 3. The number of carbonyl (C=O) groups excluding carboxylic acids is 1. The van der Waals surface area contributed by atoms with Gasteiger partial charge in [-0.3, -0.25) is 4.79 Å². The summed E-state index contributed by atoms with van der Waals surface area (Å²) in [5.41, 5.74) is 9.13. The third kappa shape index (κ3) is 5.65. The summed E-state index contributed by atoms with van der Waals surface area (Å²) in [4.78, 5) is 16.2. The summed E-state index contributed by atoms with van der Waals surface area (Å²) >= 11 is 1.37. The van der Waals surface area contributed by atoms with Gasteiger partial charge in [0.15, 0.2) is 0 Å². The molecule has 172 valence electrons. The van der Waals surface area contributed by atoms with Gasteiger partial charge in [0, 0.05) is 23.9 Å². The number of nitrogen functional groups attached to an aromatic ring is 1. The molecule has 0 saturated carbocycles. The van der Waals surface area contributed by atoms with E-state index in [9.17, 15) is 15.3 Å². The van der Waals surface area contributed by atoms with Crippen LogP contribution in [0.2, 0.25) is 0 Å². The number of anilines is 1. The second-order valence-electron chi connectivity index (χ2n) is 7.13. The van der Waals surface area contributed by atoms with E-state index in [4.69, 9.17) is 15.6 Å². The summed E-state index contributed by atoms with van der Waals surface area (Å²) in [7, 11) is 1.59. The number of ether oxygens (including phenoxy) is 1. The molecule has 3 rings (SSSR count). The van der Waals surface area contributed by atoms with Gasteiger partial charge in [-0.15, -0.1) is 11.8 Å². The number of pyridine rings is 1. The predicted octanol–water partition coefficient (Wildman–Crippen LogP) is 3.14. The molecule has 4 N–H and O–H groups in total. The molecule has 0 aliphatic carbocycles. The van der Waals surface area contributed by atoms with Gasteiger partial charge >= 0.3 is 0 Å². The number of rotatable bonds is 9. The van der Waals surface area contributed by atoms with E-state index in [2.05, 4.69) is 22.4 Å². The molecular weight excluding hydrogens is 450 g/mol. The average molecular weight is 474 g/mol. The topological polar surface area (TPSA) is 145 Å². The third-order valence-electron chi connectivity index (χ3n) is 4.96. The van der Waals surface area contributed by atoms with E-state index in [0.717, 1.165) is 5.56 Å². The first-order chi connectivity index (χ1) is 16.5. The highest BCUT2D eigenvalue weighted by molar-refractivity contribution is 7.99. The van der Waals surface area contributed by atoms with Crippen molar-refractivity contribution in [3.8, 4) is 29.0 Å². The quantitative estimate of drug-likeness (QED) is 0.402. The van der Waals surface area contributed by atoms with Crippen LogP contribution in [0.4, 0.5) is 5.82 Å². The summed E-state index contributed by atoms with van der Waals surface area (Å²) < 4.78 is 5.39. The zero-order valence-corrected chi connectivity index (χ0v) is 19.4. The van der Waals surface area contributed by atoms with Crippen molar-refractivity contribution >= 4 is 23.5 Å². The van der Waals surface area contributed by atoms with Crippen LogP contribution in [0.1, 0.15) is 27.0 Å². The molecule has 1 heterocycles. The van der Waals surface area contributed by atoms with Crippen LogP contribution >= 0.6 is 11.8 Å². The van der Waals surface area contributed by atoms with E-state index < -0.39 is 0 Å². The van der Waals surface area contributed by atoms with E-state index in [-0.39, 0.29) is 36.1 Å². The Hall–Kier alpha value is -4.05. The molecule has 34 heavy (non-hydrogen) atoms. The number of carbonyl (C=O) groups is 1. The largest absolute Gasteiger partial charge is 0.491 e. The minimum Gasteiger partial charge on any atom is -0.491 e. The number of nitriles is 2. The fourth-order valence-electron chi connectivity index (χ4n) is 3.35. The number of aliphatic hydroxyl groups excluding tert-OH is 1. The highest BCUT2D eigenvalue weighted by Crippen LogP contribution is 2.36. The Morgan fingerprint density at radius 2 is 1.91 bits per heavy atom. The van der Waals surface area contributed by atoms with E-state index in [1.54, 1.807) is 37.4 Å². The predicted molar refractivity (Wildman–Crippen MR) is 130 cm³/mol. The maximum Gasteiger partial charge on any atom is 0.251 e. The molecule has 0 aliphatic heterocycles. The number of aromatic nitrogens is 1. The molecule has 0 unspecified atom stereocenters. The first kappa shape index (κ1) is 24.6. The van der Waals surface area contributed by atoms with E-state index in [1.165, 1.54) is 11.8 Å². The van der Waals surface area contributed by atoms with E-state index in [1.807, 2.05) is 18.2 Å². The molecule has 0 aliphatic rings. The van der Waals surface area contributed by atoms with Gasteiger partial charge in [-0.05, 0) is 41.8 Å². The smallest absolute Gasteiger partial charge is 0.251 e. The van der Waals surface area contributed by atoms with Crippen molar-refractivity contribution in [2.45, 2.75) is 11.4 Å². The Labute approximate surface area is 202 Å². The fourth-order valence-corrected chi connectivity index (χ4v) is 4.34. The summed E-state index contributed by atoms with van der Waals surface area (Å²) in [5.74, 6) is 1.06. The van der Waals surface area contributed by atoms with Crippen molar-refractivity contribution in [3.63, 3.8) is 0 Å². The third-order valence-corrected chi connectivity index (χ3v) is 5.94. The van der Waals surface area contributed by atoms with Crippen molar-refractivity contribution in [1.82, 2.24) is 10.3 Å². The normalized spacial score (nSPS) is 10.2. The van der Waals surface area contributed by atoms with Crippen molar-refractivity contribution < 1.29 is 14.6 Å². The monoisotopic (exact) mass is 473 g/mol. The van der Waals surface area contributed by atoms with Crippen LogP contribution in [-0.4, -0.2) is 42.0 Å². The molecule has 0 fully saturated rings. The first-order valence-electron chi connectivity index (χ1n) is 10.4. The molecule has 9 heteroatoms. The van der Waals surface area contributed by atoms with Crippen LogP contribution < -0.4 is 15.8 Å². The molecule has 8 nitrogen and oxygen atoms in total. The van der Waals surface area contributed by atoms with Gasteiger partial charge in [0.2, 0.25) is 0 Å². The van der Waals surface area contributed by atoms with Crippen LogP contribution in [0.5, 0.6) is 5.75 Å². The lowest BCUT2D eigenvalue weighted by Gasteiger charge is -2.13. The number of amides is 1. The molecule has 1 aromatic heterocycles. The van der Waals surface area contributed by atoms with Gasteiger partial charge in [-0.1, -0.05) is 24.3 Å². The molecule has 0 radical (unpaired) electrons. The zero-order valence-electron chi connectivity index (χ0n) is 18.5. The summed E-state index contributed by atoms with van der Waals surface area (Å²) in [6.45, 7) is 0.0672. The molecule has 0 saturated heterocycles. The maximum atomic E-state index is 11.9. The van der Waals surface area contributed by atoms with Crippen LogP contribution in [-0.2, 0) is 6.42 Å². The Kier molecular flexibility index (Phi) is 8.47. The molecular formula is C25H23N5O3S. The highest BCUT2D eigenvalue weighted by atomic mass is 32.2. The Balaban J connectivity index is 1.88. The standard InChI is InChI=1S/C25H23N5O3S/c1-29-24(32)18-4-2-3-16(13-18)9-12-34-25-21(15-27)22(20(14-26)23(28)30-25)17-5-7-19(8-6-17)33-11-10-31/h2-8,13,31H,9-12H2,1H3,(H2,28,30)(H,29,32).